The molecule has 1 aliphatic rings. The predicted molar refractivity (Wildman–Crippen MR) is 89.3 cm³/mol. The molecule has 0 amide bonds. The van der Waals surface area contributed by atoms with Gasteiger partial charge in [0.25, 0.3) is 0 Å². The van der Waals surface area contributed by atoms with Gasteiger partial charge in [-0.05, 0) is 49.3 Å². The molecule has 1 aromatic heterocycles. The molecule has 0 aromatic carbocycles. The molecule has 1 aromatic rings. The Morgan fingerprint density at radius 1 is 1.33 bits per heavy atom. The summed E-state index contributed by atoms with van der Waals surface area (Å²) in [6.45, 7) is 8.25. The van der Waals surface area contributed by atoms with Gasteiger partial charge < -0.3 is 9.64 Å². The molecule has 2 rings (SSSR count). The summed E-state index contributed by atoms with van der Waals surface area (Å²) in [6, 6.07) is 4.77. The molecule has 1 aliphatic carbocycles. The number of nitrogens with zero attached hydrogens (tertiary/aromatic N) is 2. The molecule has 1 saturated carbocycles. The molecule has 0 radical (unpaired) electrons. The van der Waals surface area contributed by atoms with Gasteiger partial charge in [-0.1, -0.05) is 13.8 Å². The fraction of sp³-hybridized carbons (Fsp3) is 0.706. The van der Waals surface area contributed by atoms with Gasteiger partial charge in [-0.15, -0.1) is 11.6 Å². The normalized spacial score (nSPS) is 16.3. The zero-order valence-electron chi connectivity index (χ0n) is 13.6. The largest absolute Gasteiger partial charge is 0.383 e. The number of alkyl halides is 1. The van der Waals surface area contributed by atoms with Crippen LogP contribution in [0.25, 0.3) is 0 Å². The Labute approximate surface area is 133 Å². The van der Waals surface area contributed by atoms with Crippen molar-refractivity contribution in [3.8, 4) is 0 Å². The van der Waals surface area contributed by atoms with Crippen molar-refractivity contribution in [3.63, 3.8) is 0 Å². The Bertz CT molecular complexity index is 460. The molecule has 3 nitrogen and oxygen atoms in total. The van der Waals surface area contributed by atoms with E-state index in [0.717, 1.165) is 36.1 Å². The van der Waals surface area contributed by atoms with Crippen LogP contribution in [0.5, 0.6) is 0 Å². The minimum Gasteiger partial charge on any atom is -0.383 e. The van der Waals surface area contributed by atoms with Crippen molar-refractivity contribution < 1.29 is 4.74 Å². The number of halogens is 1. The highest BCUT2D eigenvalue weighted by molar-refractivity contribution is 6.17. The molecule has 4 heteroatoms. The minimum atomic E-state index is 0.410. The molecular weight excluding hydrogens is 284 g/mol. The zero-order chi connectivity index (χ0) is 15.4. The first-order valence-electron chi connectivity index (χ1n) is 7.89. The number of hydrogen-bond donors (Lipinski definition) is 0. The van der Waals surface area contributed by atoms with E-state index in [9.17, 15) is 0 Å². The molecule has 0 bridgehead atoms. The number of methoxy groups -OCH3 is 1. The Morgan fingerprint density at radius 2 is 2.05 bits per heavy atom. The van der Waals surface area contributed by atoms with Gasteiger partial charge in [-0.3, -0.25) is 0 Å². The molecule has 118 valence electrons. The zero-order valence-corrected chi connectivity index (χ0v) is 14.4. The number of anilines is 1. The van der Waals surface area contributed by atoms with Crippen molar-refractivity contribution in [1.29, 1.82) is 0 Å². The molecule has 0 spiro atoms. The van der Waals surface area contributed by atoms with E-state index in [2.05, 4.69) is 37.8 Å². The van der Waals surface area contributed by atoms with Crippen LogP contribution in [-0.2, 0) is 10.6 Å². The first kappa shape index (κ1) is 16.6. The molecular formula is C17H27ClN2O. The van der Waals surface area contributed by atoms with Gasteiger partial charge in [0.15, 0.2) is 0 Å². The van der Waals surface area contributed by atoms with E-state index in [1.54, 1.807) is 7.11 Å². The SMILES string of the molecule is COCCN(c1cc(CCl)cc(C(C)C)n1)C(C)C1CC1. The summed E-state index contributed by atoms with van der Waals surface area (Å²) in [5, 5.41) is 0. The highest BCUT2D eigenvalue weighted by atomic mass is 35.5. The highest BCUT2D eigenvalue weighted by Crippen LogP contribution is 2.37. The molecule has 0 N–H and O–H groups in total. The van der Waals surface area contributed by atoms with Gasteiger partial charge in [0.05, 0.1) is 6.61 Å². The van der Waals surface area contributed by atoms with E-state index >= 15 is 0 Å². The number of pyridine rings is 1. The van der Waals surface area contributed by atoms with E-state index in [4.69, 9.17) is 21.3 Å². The first-order chi connectivity index (χ1) is 10.1. The van der Waals surface area contributed by atoms with Crippen molar-refractivity contribution in [3.05, 3.63) is 23.4 Å². The second kappa shape index (κ2) is 7.46. The monoisotopic (exact) mass is 310 g/mol. The van der Waals surface area contributed by atoms with Gasteiger partial charge in [0.2, 0.25) is 0 Å². The van der Waals surface area contributed by atoms with Crippen molar-refractivity contribution in [1.82, 2.24) is 4.98 Å². The number of aromatic nitrogens is 1. The van der Waals surface area contributed by atoms with Crippen molar-refractivity contribution in [2.24, 2.45) is 5.92 Å². The second-order valence-corrected chi connectivity index (χ2v) is 6.58. The number of ether oxygens (including phenoxy) is 1. The minimum absolute atomic E-state index is 0.410. The average Bonchev–Trinajstić information content (AvgIpc) is 3.31. The lowest BCUT2D eigenvalue weighted by molar-refractivity contribution is 0.202. The summed E-state index contributed by atoms with van der Waals surface area (Å²) in [5.74, 6) is 2.79. The quantitative estimate of drug-likeness (QED) is 0.673. The maximum Gasteiger partial charge on any atom is 0.129 e. The molecule has 1 atom stereocenters. The van der Waals surface area contributed by atoms with Crippen LogP contribution in [0, 0.1) is 5.92 Å². The fourth-order valence-electron chi connectivity index (χ4n) is 2.66. The van der Waals surface area contributed by atoms with Crippen LogP contribution in [-0.4, -0.2) is 31.3 Å². The standard InChI is InChI=1S/C17H27ClN2O/c1-12(2)16-9-14(11-18)10-17(19-16)20(7-8-21-4)13(3)15-5-6-15/h9-10,12-13,15H,5-8,11H2,1-4H3. The van der Waals surface area contributed by atoms with Crippen molar-refractivity contribution in [2.75, 3.05) is 25.2 Å². The smallest absolute Gasteiger partial charge is 0.129 e. The summed E-state index contributed by atoms with van der Waals surface area (Å²) >= 11 is 6.07. The third-order valence-electron chi connectivity index (χ3n) is 4.26. The van der Waals surface area contributed by atoms with Gasteiger partial charge >= 0.3 is 0 Å². The summed E-state index contributed by atoms with van der Waals surface area (Å²) < 4.78 is 5.28. The molecule has 1 heterocycles. The highest BCUT2D eigenvalue weighted by Gasteiger charge is 2.32. The summed E-state index contributed by atoms with van der Waals surface area (Å²) in [7, 11) is 1.75. The van der Waals surface area contributed by atoms with E-state index in [0.29, 0.717) is 17.8 Å². The summed E-state index contributed by atoms with van der Waals surface area (Å²) in [6.07, 6.45) is 2.66. The maximum absolute atomic E-state index is 6.07. The second-order valence-electron chi connectivity index (χ2n) is 6.31. The van der Waals surface area contributed by atoms with E-state index in [-0.39, 0.29) is 0 Å². The Morgan fingerprint density at radius 3 is 2.57 bits per heavy atom. The van der Waals surface area contributed by atoms with E-state index < -0.39 is 0 Å². The summed E-state index contributed by atoms with van der Waals surface area (Å²) in [5.41, 5.74) is 2.27. The fourth-order valence-corrected chi connectivity index (χ4v) is 2.82. The Hall–Kier alpha value is -0.800. The Kier molecular flexibility index (Phi) is 5.88. The third-order valence-corrected chi connectivity index (χ3v) is 4.57. The molecule has 0 saturated heterocycles. The number of hydrogen-bond acceptors (Lipinski definition) is 3. The van der Waals surface area contributed by atoms with Crippen LogP contribution < -0.4 is 4.90 Å². The van der Waals surface area contributed by atoms with Crippen LogP contribution in [0.3, 0.4) is 0 Å². The van der Waals surface area contributed by atoms with Crippen molar-refractivity contribution in [2.45, 2.75) is 51.5 Å². The molecule has 21 heavy (non-hydrogen) atoms. The van der Waals surface area contributed by atoms with E-state index in [1.807, 2.05) is 0 Å². The van der Waals surface area contributed by atoms with Gasteiger partial charge in [0.1, 0.15) is 5.82 Å². The van der Waals surface area contributed by atoms with Gasteiger partial charge in [-0.25, -0.2) is 4.98 Å². The van der Waals surface area contributed by atoms with Crippen LogP contribution in [0.2, 0.25) is 0 Å². The lowest BCUT2D eigenvalue weighted by Crippen LogP contribution is -2.38. The Balaban J connectivity index is 2.30. The van der Waals surface area contributed by atoms with Crippen LogP contribution in [0.15, 0.2) is 12.1 Å². The average molecular weight is 311 g/mol. The molecule has 1 unspecified atom stereocenters. The molecule has 0 aliphatic heterocycles. The topological polar surface area (TPSA) is 25.4 Å². The first-order valence-corrected chi connectivity index (χ1v) is 8.42. The molecule has 1 fully saturated rings. The number of rotatable bonds is 8. The van der Waals surface area contributed by atoms with Crippen LogP contribution in [0.1, 0.15) is 50.8 Å². The maximum atomic E-state index is 6.07. The predicted octanol–water partition coefficient (Wildman–Crippen LogP) is 4.20. The summed E-state index contributed by atoms with van der Waals surface area (Å²) in [4.78, 5) is 7.27. The lowest BCUT2D eigenvalue weighted by Gasteiger charge is -2.31. The van der Waals surface area contributed by atoms with Gasteiger partial charge in [-0.2, -0.15) is 0 Å². The third kappa shape index (κ3) is 4.33. The van der Waals surface area contributed by atoms with Crippen LogP contribution >= 0.6 is 11.6 Å². The lowest BCUT2D eigenvalue weighted by atomic mass is 10.1. The van der Waals surface area contributed by atoms with Crippen molar-refractivity contribution >= 4 is 17.4 Å². The van der Waals surface area contributed by atoms with E-state index in [1.165, 1.54) is 12.8 Å². The van der Waals surface area contributed by atoms with Crippen LogP contribution in [0.4, 0.5) is 5.82 Å². The van der Waals surface area contributed by atoms with Gasteiger partial charge in [0, 0.05) is 31.3 Å².